The molecule has 0 spiro atoms. The van der Waals surface area contributed by atoms with Gasteiger partial charge < -0.3 is 0 Å². The van der Waals surface area contributed by atoms with Crippen molar-refractivity contribution in [1.82, 2.24) is 0 Å². The molecule has 0 nitrogen and oxygen atoms in total. The Kier molecular flexibility index (Phi) is 63.6. The molecule has 0 aromatic heterocycles. The van der Waals surface area contributed by atoms with Crippen molar-refractivity contribution >= 4 is 6.08 Å². The van der Waals surface area contributed by atoms with Crippen LogP contribution < -0.4 is 0 Å². The number of fused-ring (bicyclic) bond motifs is 2. The zero-order valence-electron chi connectivity index (χ0n) is 34.9. The molecule has 6 rings (SSSR count). The molecule has 270 valence electrons. The molecule has 0 aliphatic heterocycles. The first-order chi connectivity index (χ1) is 22.7. The molecule has 0 amide bonds. The molecule has 0 unspecified atom stereocenters. The largest absolute Gasteiger partial charge is 0.0808 e. The van der Waals surface area contributed by atoms with Crippen LogP contribution in [0.2, 0.25) is 0 Å². The smallest absolute Gasteiger partial charge is 0.00882 e. The van der Waals surface area contributed by atoms with Gasteiger partial charge in [0.15, 0.2) is 0 Å². The Hall–Kier alpha value is -2.34. The van der Waals surface area contributed by atoms with Crippen LogP contribution in [0.15, 0.2) is 78.9 Å². The lowest BCUT2D eigenvalue weighted by atomic mass is 10.0. The monoisotopic (exact) mass is 639 g/mol. The molecule has 0 heterocycles. The van der Waals surface area contributed by atoms with Crippen LogP contribution in [0.3, 0.4) is 0 Å². The lowest BCUT2D eigenvalue weighted by Crippen LogP contribution is -1.95. The van der Waals surface area contributed by atoms with Crippen LogP contribution >= 0.6 is 0 Å². The van der Waals surface area contributed by atoms with Gasteiger partial charge in [0.1, 0.15) is 0 Å². The highest BCUT2D eigenvalue weighted by atomic mass is 14.4. The number of hydrogen-bond acceptors (Lipinski definition) is 0. The first-order valence-electron chi connectivity index (χ1n) is 19.8. The van der Waals surface area contributed by atoms with Gasteiger partial charge in [-0.3, -0.25) is 0 Å². The van der Waals surface area contributed by atoms with Gasteiger partial charge in [-0.25, -0.2) is 0 Å². The summed E-state index contributed by atoms with van der Waals surface area (Å²) in [7, 11) is 0. The van der Waals surface area contributed by atoms with Crippen molar-refractivity contribution < 1.29 is 0 Å². The topological polar surface area (TPSA) is 0 Å². The summed E-state index contributed by atoms with van der Waals surface area (Å²) in [6, 6.07) is 17.0. The van der Waals surface area contributed by atoms with Gasteiger partial charge in [-0.2, -0.15) is 0 Å². The Morgan fingerprint density at radius 2 is 0.783 bits per heavy atom. The van der Waals surface area contributed by atoms with Gasteiger partial charge >= 0.3 is 0 Å². The summed E-state index contributed by atoms with van der Waals surface area (Å²) in [5.41, 5.74) is 5.50. The third-order valence-electron chi connectivity index (χ3n) is 6.53. The molecule has 46 heavy (non-hydrogen) atoms. The molecule has 2 saturated carbocycles. The second kappa shape index (κ2) is 52.2. The number of benzene rings is 2. The fraction of sp³-hybridized carbons (Fsp3) is 0.609. The zero-order valence-corrected chi connectivity index (χ0v) is 34.9. The molecule has 0 radical (unpaired) electrons. The standard InChI is InChI=1S/C9H8.C8H14.C8H10.C5H6.8C2H6/c1-2-5-9-7-3-6-8(9)4-1;1-3-7-5-2-6-8(7)4-1;1-7-3-5-8(2)6-4-7;1-2-4-5-3-1;8*1-2/h1-6H,7H2;7-8H,1-6H2;3-6H,1-2H3;1-4H,5H2;8*1-2H3. The lowest BCUT2D eigenvalue weighted by molar-refractivity contribution is 0.457. The molecule has 0 saturated heterocycles. The van der Waals surface area contributed by atoms with Crippen LogP contribution in [-0.2, 0) is 6.42 Å². The van der Waals surface area contributed by atoms with Crippen LogP contribution in [-0.4, -0.2) is 0 Å². The summed E-state index contributed by atoms with van der Waals surface area (Å²) in [4.78, 5) is 0. The van der Waals surface area contributed by atoms with E-state index in [4.69, 9.17) is 0 Å². The van der Waals surface area contributed by atoms with Gasteiger partial charge in [0.2, 0.25) is 0 Å². The summed E-state index contributed by atoms with van der Waals surface area (Å²) in [6.45, 7) is 36.2. The van der Waals surface area contributed by atoms with Crippen molar-refractivity contribution in [3.63, 3.8) is 0 Å². The number of rotatable bonds is 0. The van der Waals surface area contributed by atoms with Gasteiger partial charge in [-0.05, 0) is 49.7 Å². The predicted octanol–water partition coefficient (Wildman–Crippen LogP) is 16.9. The maximum Gasteiger partial charge on any atom is -0.00882 e. The normalized spacial score (nSPS) is 15.1. The third-order valence-corrected chi connectivity index (χ3v) is 6.53. The molecule has 0 heteroatoms. The minimum atomic E-state index is 1.12. The average molecular weight is 639 g/mol. The highest BCUT2D eigenvalue weighted by Crippen LogP contribution is 2.43. The maximum atomic E-state index is 2.20. The van der Waals surface area contributed by atoms with Gasteiger partial charge in [-0.15, -0.1) is 0 Å². The Bertz CT molecular complexity index is 784. The Morgan fingerprint density at radius 1 is 0.435 bits per heavy atom. The van der Waals surface area contributed by atoms with Crippen molar-refractivity contribution in [2.24, 2.45) is 11.8 Å². The maximum absolute atomic E-state index is 2.20. The molecule has 0 atom stereocenters. The van der Waals surface area contributed by atoms with Crippen LogP contribution in [0.1, 0.15) is 178 Å². The molecule has 4 aliphatic carbocycles. The summed E-state index contributed by atoms with van der Waals surface area (Å²) in [5.74, 6) is 2.35. The van der Waals surface area contributed by atoms with Crippen molar-refractivity contribution in [3.8, 4) is 0 Å². The highest BCUT2D eigenvalue weighted by Gasteiger charge is 2.30. The second-order valence-electron chi connectivity index (χ2n) is 8.93. The van der Waals surface area contributed by atoms with E-state index < -0.39 is 0 Å². The molecule has 4 aliphatic rings. The Balaban J connectivity index is -0.000000102. The van der Waals surface area contributed by atoms with E-state index in [9.17, 15) is 0 Å². The van der Waals surface area contributed by atoms with Crippen molar-refractivity contribution in [2.45, 2.75) is 176 Å². The van der Waals surface area contributed by atoms with E-state index in [-0.39, 0.29) is 0 Å². The van der Waals surface area contributed by atoms with Gasteiger partial charge in [-0.1, -0.05) is 245 Å². The van der Waals surface area contributed by atoms with E-state index in [1.807, 2.05) is 111 Å². The first-order valence-corrected chi connectivity index (χ1v) is 19.8. The summed E-state index contributed by atoms with van der Waals surface area (Å²) >= 11 is 0. The number of hydrogen-bond donors (Lipinski definition) is 0. The second-order valence-corrected chi connectivity index (χ2v) is 8.93. The molecular weight excluding hydrogens is 553 g/mol. The molecule has 0 N–H and O–H groups in total. The van der Waals surface area contributed by atoms with Crippen LogP contribution in [0.25, 0.3) is 6.08 Å². The minimum Gasteiger partial charge on any atom is -0.0808 e. The van der Waals surface area contributed by atoms with E-state index in [1.54, 1.807) is 25.7 Å². The van der Waals surface area contributed by atoms with Crippen LogP contribution in [0, 0.1) is 25.7 Å². The predicted molar refractivity (Wildman–Crippen MR) is 223 cm³/mol. The van der Waals surface area contributed by atoms with Gasteiger partial charge in [0.05, 0.1) is 0 Å². The fourth-order valence-corrected chi connectivity index (χ4v) is 4.74. The third kappa shape index (κ3) is 33.0. The summed E-state index contributed by atoms with van der Waals surface area (Å²) in [5, 5.41) is 0. The molecular formula is C46H86. The molecule has 2 aromatic carbocycles. The molecule has 2 aromatic rings. The van der Waals surface area contributed by atoms with Crippen molar-refractivity contribution in [3.05, 3.63) is 101 Å². The van der Waals surface area contributed by atoms with E-state index in [2.05, 4.69) is 98.8 Å². The first kappa shape index (κ1) is 56.0. The quantitative estimate of drug-likeness (QED) is 0.269. The highest BCUT2D eigenvalue weighted by molar-refractivity contribution is 5.59. The van der Waals surface area contributed by atoms with Crippen LogP contribution in [0.4, 0.5) is 0 Å². The van der Waals surface area contributed by atoms with E-state index in [0.29, 0.717) is 0 Å². The lowest BCUT2D eigenvalue weighted by Gasteiger charge is -2.04. The minimum absolute atomic E-state index is 1.12. The van der Waals surface area contributed by atoms with Crippen molar-refractivity contribution in [1.29, 1.82) is 0 Å². The van der Waals surface area contributed by atoms with Crippen LogP contribution in [0.5, 0.6) is 0 Å². The Morgan fingerprint density at radius 3 is 1.09 bits per heavy atom. The van der Waals surface area contributed by atoms with E-state index >= 15 is 0 Å². The SMILES string of the molecule is C1=CCC=C1.C1=Cc2ccccc2C1.C1CC2CCCC2C1.CC.CC.CC.CC.CC.CC.CC.CC.Cc1ccc(C)cc1. The zero-order chi connectivity index (χ0) is 37.0. The number of allylic oxidation sites excluding steroid dienone is 5. The van der Waals surface area contributed by atoms with E-state index in [1.165, 1.54) is 46.9 Å². The summed E-state index contributed by atoms with van der Waals surface area (Å²) < 4.78 is 0. The van der Waals surface area contributed by atoms with Crippen molar-refractivity contribution in [2.75, 3.05) is 0 Å². The number of aryl methyl sites for hydroxylation is 2. The molecule has 0 bridgehead atoms. The van der Waals surface area contributed by atoms with Gasteiger partial charge in [0, 0.05) is 0 Å². The fourth-order valence-electron chi connectivity index (χ4n) is 4.74. The average Bonchev–Trinajstić information content (AvgIpc) is 4.01. The summed E-state index contributed by atoms with van der Waals surface area (Å²) in [6.07, 6.45) is 24.3. The Labute approximate surface area is 294 Å². The van der Waals surface area contributed by atoms with E-state index in [0.717, 1.165) is 12.8 Å². The van der Waals surface area contributed by atoms with Gasteiger partial charge in [0.25, 0.3) is 0 Å². The molecule has 2 fully saturated rings.